The molecule has 0 amide bonds. The number of pyridine rings is 1. The monoisotopic (exact) mass is 181 g/mol. The lowest BCUT2D eigenvalue weighted by Gasteiger charge is -1.97. The van der Waals surface area contributed by atoms with Gasteiger partial charge in [0.05, 0.1) is 0 Å². The van der Waals surface area contributed by atoms with E-state index in [1.807, 2.05) is 31.5 Å². The first-order valence-electron chi connectivity index (χ1n) is 4.03. The molecule has 1 aromatic heterocycles. The summed E-state index contributed by atoms with van der Waals surface area (Å²) in [4.78, 5) is 5.17. The Balaban J connectivity index is 0.000000561. The second-order valence-corrected chi connectivity index (χ2v) is 2.93. The fourth-order valence-corrected chi connectivity index (χ4v) is 1.22. The van der Waals surface area contributed by atoms with Crippen molar-refractivity contribution in [2.24, 2.45) is 0 Å². The van der Waals surface area contributed by atoms with E-state index in [9.17, 15) is 0 Å². The van der Waals surface area contributed by atoms with Gasteiger partial charge in [-0.1, -0.05) is 32.2 Å². The Morgan fingerprint density at radius 3 is 2.67 bits per heavy atom. The number of thioether (sulfide) groups is 1. The van der Waals surface area contributed by atoms with Crippen LogP contribution in [0.25, 0.3) is 0 Å². The Labute approximate surface area is 78.9 Å². The zero-order valence-electron chi connectivity index (χ0n) is 7.87. The summed E-state index contributed by atoms with van der Waals surface area (Å²) in [6, 6.07) is 1.99. The summed E-state index contributed by atoms with van der Waals surface area (Å²) in [5.41, 5.74) is 1.25. The Morgan fingerprint density at radius 2 is 2.17 bits per heavy atom. The summed E-state index contributed by atoms with van der Waals surface area (Å²) >= 11 is 1.60. The highest BCUT2D eigenvalue weighted by Crippen LogP contribution is 2.20. The fourth-order valence-electron chi connectivity index (χ4n) is 0.663. The topological polar surface area (TPSA) is 12.9 Å². The lowest BCUT2D eigenvalue weighted by atomic mass is 10.3. The maximum atomic E-state index is 4.00. The lowest BCUT2D eigenvalue weighted by Crippen LogP contribution is -1.77. The largest absolute Gasteiger partial charge is 0.264 e. The van der Waals surface area contributed by atoms with E-state index in [0.717, 1.165) is 0 Å². The average Bonchev–Trinajstić information content (AvgIpc) is 2.13. The van der Waals surface area contributed by atoms with E-state index in [-0.39, 0.29) is 0 Å². The van der Waals surface area contributed by atoms with Crippen LogP contribution in [-0.2, 0) is 0 Å². The van der Waals surface area contributed by atoms with E-state index in [1.165, 1.54) is 10.5 Å². The van der Waals surface area contributed by atoms with Crippen LogP contribution in [0.5, 0.6) is 0 Å². The van der Waals surface area contributed by atoms with Crippen molar-refractivity contribution in [3.63, 3.8) is 0 Å². The Morgan fingerprint density at radius 1 is 1.50 bits per heavy atom. The minimum Gasteiger partial charge on any atom is -0.264 e. The molecule has 0 bridgehead atoms. The van der Waals surface area contributed by atoms with Gasteiger partial charge in [-0.2, -0.15) is 0 Å². The second kappa shape index (κ2) is 6.92. The van der Waals surface area contributed by atoms with Crippen molar-refractivity contribution in [2.75, 3.05) is 0 Å². The Kier molecular flexibility index (Phi) is 6.48. The molecule has 1 heterocycles. The molecule has 1 rings (SSSR count). The fraction of sp³-hybridized carbons (Fsp3) is 0.300. The number of hydrogen-bond donors (Lipinski definition) is 0. The lowest BCUT2D eigenvalue weighted by molar-refractivity contribution is 1.18. The van der Waals surface area contributed by atoms with Gasteiger partial charge in [0.15, 0.2) is 0 Å². The Bertz CT molecular complexity index is 233. The summed E-state index contributed by atoms with van der Waals surface area (Å²) in [5.74, 6) is 0. The first-order chi connectivity index (χ1) is 5.84. The molecule has 0 aromatic carbocycles. The maximum Gasteiger partial charge on any atom is 0.0409 e. The third-order valence-corrected chi connectivity index (χ3v) is 2.05. The van der Waals surface area contributed by atoms with Gasteiger partial charge in [0.25, 0.3) is 0 Å². The first kappa shape index (κ1) is 11.2. The van der Waals surface area contributed by atoms with E-state index in [2.05, 4.69) is 18.5 Å². The van der Waals surface area contributed by atoms with Crippen LogP contribution in [-0.4, -0.2) is 4.98 Å². The normalized spacial score (nSPS) is 8.25. The summed E-state index contributed by atoms with van der Waals surface area (Å²) in [6.07, 6.45) is 3.64. The highest BCUT2D eigenvalue weighted by molar-refractivity contribution is 8.02. The molecule has 12 heavy (non-hydrogen) atoms. The molecule has 1 nitrogen and oxygen atoms in total. The van der Waals surface area contributed by atoms with E-state index in [0.29, 0.717) is 0 Å². The van der Waals surface area contributed by atoms with Crippen LogP contribution in [0, 0.1) is 6.92 Å². The van der Waals surface area contributed by atoms with Gasteiger partial charge in [-0.05, 0) is 24.0 Å². The number of aryl methyl sites for hydroxylation is 1. The van der Waals surface area contributed by atoms with E-state index >= 15 is 0 Å². The number of aromatic nitrogens is 1. The summed E-state index contributed by atoms with van der Waals surface area (Å²) in [7, 11) is 0. The van der Waals surface area contributed by atoms with Crippen molar-refractivity contribution in [2.45, 2.75) is 25.7 Å². The van der Waals surface area contributed by atoms with Crippen LogP contribution >= 0.6 is 11.8 Å². The van der Waals surface area contributed by atoms with Crippen LogP contribution in [0.4, 0.5) is 0 Å². The SMILES string of the molecule is C=CSc1cnccc1C.CC. The molecule has 0 saturated heterocycles. The third kappa shape index (κ3) is 3.58. The summed E-state index contributed by atoms with van der Waals surface area (Å²) in [5, 5.41) is 1.81. The molecular formula is C10H15NS. The standard InChI is InChI=1S/C8H9NS.C2H6/c1-3-10-8-6-9-5-4-7(8)2;1-2/h3-6H,1H2,2H3;1-2H3. The molecule has 0 atom stereocenters. The molecule has 0 radical (unpaired) electrons. The van der Waals surface area contributed by atoms with Gasteiger partial charge in [0.2, 0.25) is 0 Å². The van der Waals surface area contributed by atoms with Crippen molar-refractivity contribution in [1.29, 1.82) is 0 Å². The quantitative estimate of drug-likeness (QED) is 0.646. The number of nitrogens with zero attached hydrogens (tertiary/aromatic N) is 1. The van der Waals surface area contributed by atoms with Crippen LogP contribution in [0.15, 0.2) is 35.3 Å². The molecular weight excluding hydrogens is 166 g/mol. The maximum absolute atomic E-state index is 4.00. The van der Waals surface area contributed by atoms with E-state index in [4.69, 9.17) is 0 Å². The van der Waals surface area contributed by atoms with Crippen molar-refractivity contribution >= 4 is 11.8 Å². The predicted molar refractivity (Wildman–Crippen MR) is 56.4 cm³/mol. The molecule has 0 aliphatic heterocycles. The van der Waals surface area contributed by atoms with Gasteiger partial charge < -0.3 is 0 Å². The molecule has 2 heteroatoms. The van der Waals surface area contributed by atoms with Crippen LogP contribution in [0.3, 0.4) is 0 Å². The summed E-state index contributed by atoms with van der Waals surface area (Å²) in [6.45, 7) is 9.70. The predicted octanol–water partition coefficient (Wildman–Crippen LogP) is 3.65. The molecule has 0 spiro atoms. The van der Waals surface area contributed by atoms with Gasteiger partial charge in [0, 0.05) is 17.3 Å². The van der Waals surface area contributed by atoms with Crippen molar-refractivity contribution in [3.8, 4) is 0 Å². The average molecular weight is 181 g/mol. The van der Waals surface area contributed by atoms with Crippen LogP contribution < -0.4 is 0 Å². The van der Waals surface area contributed by atoms with E-state index in [1.54, 1.807) is 18.0 Å². The molecule has 0 aliphatic rings. The number of hydrogen-bond acceptors (Lipinski definition) is 2. The zero-order valence-corrected chi connectivity index (χ0v) is 8.69. The van der Waals surface area contributed by atoms with Crippen molar-refractivity contribution < 1.29 is 0 Å². The highest BCUT2D eigenvalue weighted by atomic mass is 32.2. The van der Waals surface area contributed by atoms with Gasteiger partial charge >= 0.3 is 0 Å². The van der Waals surface area contributed by atoms with E-state index < -0.39 is 0 Å². The minimum absolute atomic E-state index is 1.18. The van der Waals surface area contributed by atoms with Crippen LogP contribution in [0.1, 0.15) is 19.4 Å². The molecule has 0 aliphatic carbocycles. The third-order valence-electron chi connectivity index (χ3n) is 1.20. The van der Waals surface area contributed by atoms with Crippen molar-refractivity contribution in [1.82, 2.24) is 4.98 Å². The number of rotatable bonds is 2. The highest BCUT2D eigenvalue weighted by Gasteiger charge is 1.92. The molecule has 0 N–H and O–H groups in total. The smallest absolute Gasteiger partial charge is 0.0409 e. The first-order valence-corrected chi connectivity index (χ1v) is 4.90. The molecule has 66 valence electrons. The molecule has 1 aromatic rings. The minimum atomic E-state index is 1.18. The second-order valence-electron chi connectivity index (χ2n) is 1.93. The van der Waals surface area contributed by atoms with Crippen LogP contribution in [0.2, 0.25) is 0 Å². The van der Waals surface area contributed by atoms with Gasteiger partial charge in [-0.3, -0.25) is 4.98 Å². The van der Waals surface area contributed by atoms with Crippen molar-refractivity contribution in [3.05, 3.63) is 36.0 Å². The van der Waals surface area contributed by atoms with Gasteiger partial charge in [-0.25, -0.2) is 0 Å². The van der Waals surface area contributed by atoms with Gasteiger partial charge in [0.1, 0.15) is 0 Å². The molecule has 0 saturated carbocycles. The Hall–Kier alpha value is -0.760. The summed E-state index contributed by atoms with van der Waals surface area (Å²) < 4.78 is 0. The zero-order chi connectivity index (χ0) is 9.40. The van der Waals surface area contributed by atoms with Gasteiger partial charge in [-0.15, -0.1) is 0 Å². The molecule has 0 unspecified atom stereocenters. The molecule has 0 fully saturated rings.